The van der Waals surface area contributed by atoms with Gasteiger partial charge in [-0.25, -0.2) is 0 Å². The molecule has 1 aromatic rings. The number of carbonyl (C=O) groups is 2. The fourth-order valence-corrected chi connectivity index (χ4v) is 2.89. The van der Waals surface area contributed by atoms with E-state index in [2.05, 4.69) is 11.7 Å². The highest BCUT2D eigenvalue weighted by Crippen LogP contribution is 2.27. The van der Waals surface area contributed by atoms with Crippen molar-refractivity contribution in [2.75, 3.05) is 33.3 Å². The minimum atomic E-state index is -0.214. The number of likely N-dealkylation sites (tertiary alicyclic amines) is 1. The summed E-state index contributed by atoms with van der Waals surface area (Å²) in [7, 11) is 1.61. The summed E-state index contributed by atoms with van der Waals surface area (Å²) in [6.07, 6.45) is 2.92. The molecule has 0 N–H and O–H groups in total. The number of nitrogens with zero attached hydrogens (tertiary/aromatic N) is 3. The molecule has 0 aromatic carbocycles. The number of amides is 2. The summed E-state index contributed by atoms with van der Waals surface area (Å²) in [6, 6.07) is 1.92. The molecule has 1 saturated heterocycles. The summed E-state index contributed by atoms with van der Waals surface area (Å²) in [5, 5.41) is 4.10. The van der Waals surface area contributed by atoms with Gasteiger partial charge in [0.25, 0.3) is 0 Å². The molecule has 0 spiro atoms. The van der Waals surface area contributed by atoms with E-state index in [0.717, 1.165) is 18.5 Å². The average Bonchev–Trinajstić information content (AvgIpc) is 3.08. The van der Waals surface area contributed by atoms with Crippen molar-refractivity contribution in [3.63, 3.8) is 0 Å². The first-order chi connectivity index (χ1) is 11.6. The van der Waals surface area contributed by atoms with Gasteiger partial charge in [-0.05, 0) is 25.8 Å². The van der Waals surface area contributed by atoms with E-state index in [1.165, 1.54) is 11.0 Å². The van der Waals surface area contributed by atoms with Crippen LogP contribution in [-0.4, -0.2) is 60.1 Å². The second-order valence-corrected chi connectivity index (χ2v) is 5.86. The molecule has 0 saturated carbocycles. The van der Waals surface area contributed by atoms with Crippen LogP contribution in [0.1, 0.15) is 37.1 Å². The van der Waals surface area contributed by atoms with Crippen molar-refractivity contribution in [1.29, 1.82) is 0 Å². The maximum Gasteiger partial charge on any atom is 0.246 e. The van der Waals surface area contributed by atoms with Crippen molar-refractivity contribution in [3.05, 3.63) is 30.2 Å². The van der Waals surface area contributed by atoms with Gasteiger partial charge in [-0.3, -0.25) is 9.59 Å². The van der Waals surface area contributed by atoms with Crippen molar-refractivity contribution in [3.8, 4) is 0 Å². The van der Waals surface area contributed by atoms with Crippen LogP contribution in [0.5, 0.6) is 0 Å². The molecule has 1 fully saturated rings. The quantitative estimate of drug-likeness (QED) is 0.707. The molecule has 0 unspecified atom stereocenters. The van der Waals surface area contributed by atoms with Gasteiger partial charge in [0.15, 0.2) is 5.76 Å². The third-order valence-electron chi connectivity index (χ3n) is 4.32. The fourth-order valence-electron chi connectivity index (χ4n) is 2.89. The molecule has 2 amide bonds. The van der Waals surface area contributed by atoms with Gasteiger partial charge >= 0.3 is 0 Å². The van der Waals surface area contributed by atoms with Gasteiger partial charge in [0, 0.05) is 38.7 Å². The lowest BCUT2D eigenvalue weighted by atomic mass is 9.93. The average molecular weight is 335 g/mol. The molecule has 132 valence electrons. The van der Waals surface area contributed by atoms with Gasteiger partial charge < -0.3 is 19.1 Å². The second kappa shape index (κ2) is 8.63. The number of aromatic nitrogens is 1. The highest BCUT2D eigenvalue weighted by atomic mass is 16.5. The van der Waals surface area contributed by atoms with Crippen molar-refractivity contribution in [1.82, 2.24) is 15.0 Å². The summed E-state index contributed by atoms with van der Waals surface area (Å²) in [6.45, 7) is 7.65. The van der Waals surface area contributed by atoms with E-state index >= 15 is 0 Å². The Labute approximate surface area is 142 Å². The van der Waals surface area contributed by atoms with E-state index in [1.54, 1.807) is 7.11 Å². The van der Waals surface area contributed by atoms with Gasteiger partial charge in [0.2, 0.25) is 11.8 Å². The standard InChI is InChI=1S/C17H25N3O4/c1-4-16(21)19(5-2)11-17(22)20-8-6-13(7-9-20)15-10-14(12-23-3)24-18-15/h4,10,13H,1,5-9,11-12H2,2-3H3. The lowest BCUT2D eigenvalue weighted by molar-refractivity contribution is -0.138. The molecule has 1 aliphatic heterocycles. The molecular weight excluding hydrogens is 310 g/mol. The summed E-state index contributed by atoms with van der Waals surface area (Å²) in [4.78, 5) is 27.3. The van der Waals surface area contributed by atoms with Crippen LogP contribution in [0.4, 0.5) is 0 Å². The lowest BCUT2D eigenvalue weighted by Gasteiger charge is -2.32. The molecule has 2 rings (SSSR count). The fraction of sp³-hybridized carbons (Fsp3) is 0.588. The maximum absolute atomic E-state index is 12.4. The van der Waals surface area contributed by atoms with Crippen LogP contribution in [0.25, 0.3) is 0 Å². The van der Waals surface area contributed by atoms with Crippen LogP contribution < -0.4 is 0 Å². The number of likely N-dealkylation sites (N-methyl/N-ethyl adjacent to an activating group) is 1. The Morgan fingerprint density at radius 3 is 2.79 bits per heavy atom. The van der Waals surface area contributed by atoms with E-state index in [4.69, 9.17) is 9.26 Å². The molecule has 7 nitrogen and oxygen atoms in total. The van der Waals surface area contributed by atoms with E-state index in [1.807, 2.05) is 17.9 Å². The van der Waals surface area contributed by atoms with Gasteiger partial charge in [0.05, 0.1) is 12.2 Å². The Morgan fingerprint density at radius 1 is 1.50 bits per heavy atom. The van der Waals surface area contributed by atoms with Crippen LogP contribution in [0, 0.1) is 0 Å². The smallest absolute Gasteiger partial charge is 0.246 e. The molecule has 0 bridgehead atoms. The molecule has 0 aliphatic carbocycles. The van der Waals surface area contributed by atoms with Gasteiger partial charge in [-0.15, -0.1) is 0 Å². The molecule has 2 heterocycles. The topological polar surface area (TPSA) is 75.9 Å². The Bertz CT molecular complexity index is 576. The second-order valence-electron chi connectivity index (χ2n) is 5.86. The van der Waals surface area contributed by atoms with E-state index in [0.29, 0.717) is 37.9 Å². The predicted molar refractivity (Wildman–Crippen MR) is 88.2 cm³/mol. The molecular formula is C17H25N3O4. The Morgan fingerprint density at radius 2 is 2.21 bits per heavy atom. The number of piperidine rings is 1. The van der Waals surface area contributed by atoms with Crippen molar-refractivity contribution < 1.29 is 18.8 Å². The van der Waals surface area contributed by atoms with E-state index in [-0.39, 0.29) is 18.4 Å². The minimum absolute atomic E-state index is 0.0225. The van der Waals surface area contributed by atoms with Crippen LogP contribution in [0.2, 0.25) is 0 Å². The molecule has 0 radical (unpaired) electrons. The zero-order valence-electron chi connectivity index (χ0n) is 14.4. The number of hydrogen-bond acceptors (Lipinski definition) is 5. The summed E-state index contributed by atoms with van der Waals surface area (Å²) in [5.74, 6) is 0.771. The molecule has 1 aliphatic rings. The Hall–Kier alpha value is -2.15. The SMILES string of the molecule is C=CC(=O)N(CC)CC(=O)N1CCC(c2cc(COC)on2)CC1. The van der Waals surface area contributed by atoms with Gasteiger partial charge in [-0.2, -0.15) is 0 Å². The van der Waals surface area contributed by atoms with Crippen molar-refractivity contribution >= 4 is 11.8 Å². The number of rotatable bonds is 7. The van der Waals surface area contributed by atoms with Crippen molar-refractivity contribution in [2.45, 2.75) is 32.3 Å². The van der Waals surface area contributed by atoms with Crippen LogP contribution >= 0.6 is 0 Å². The monoisotopic (exact) mass is 335 g/mol. The van der Waals surface area contributed by atoms with E-state index in [9.17, 15) is 9.59 Å². The number of ether oxygens (including phenoxy) is 1. The first-order valence-corrected chi connectivity index (χ1v) is 8.22. The summed E-state index contributed by atoms with van der Waals surface area (Å²) < 4.78 is 10.3. The normalized spacial score (nSPS) is 15.3. The molecule has 1 aromatic heterocycles. The number of hydrogen-bond donors (Lipinski definition) is 0. The predicted octanol–water partition coefficient (Wildman–Crippen LogP) is 1.56. The maximum atomic E-state index is 12.4. The third kappa shape index (κ3) is 4.44. The number of methoxy groups -OCH3 is 1. The molecule has 7 heteroatoms. The summed E-state index contributed by atoms with van der Waals surface area (Å²) in [5.41, 5.74) is 0.922. The molecule has 0 atom stereocenters. The van der Waals surface area contributed by atoms with Crippen LogP contribution in [0.3, 0.4) is 0 Å². The highest BCUT2D eigenvalue weighted by molar-refractivity contribution is 5.90. The van der Waals surface area contributed by atoms with Crippen LogP contribution in [-0.2, 0) is 20.9 Å². The third-order valence-corrected chi connectivity index (χ3v) is 4.32. The Balaban J connectivity index is 1.86. The van der Waals surface area contributed by atoms with Crippen LogP contribution in [0.15, 0.2) is 23.2 Å². The summed E-state index contributed by atoms with van der Waals surface area (Å²) >= 11 is 0. The minimum Gasteiger partial charge on any atom is -0.377 e. The first kappa shape index (κ1) is 18.2. The lowest BCUT2D eigenvalue weighted by Crippen LogP contribution is -2.45. The van der Waals surface area contributed by atoms with Gasteiger partial charge in [0.1, 0.15) is 6.61 Å². The highest BCUT2D eigenvalue weighted by Gasteiger charge is 2.27. The van der Waals surface area contributed by atoms with Gasteiger partial charge in [-0.1, -0.05) is 11.7 Å². The Kier molecular flexibility index (Phi) is 6.54. The zero-order chi connectivity index (χ0) is 17.5. The molecule has 24 heavy (non-hydrogen) atoms. The first-order valence-electron chi connectivity index (χ1n) is 8.22. The van der Waals surface area contributed by atoms with E-state index < -0.39 is 0 Å². The number of carbonyl (C=O) groups excluding carboxylic acids is 2. The largest absolute Gasteiger partial charge is 0.377 e. The van der Waals surface area contributed by atoms with Crippen molar-refractivity contribution in [2.24, 2.45) is 0 Å². The zero-order valence-corrected chi connectivity index (χ0v) is 14.4.